The Bertz CT molecular complexity index is 638. The number of benzene rings is 2. The Morgan fingerprint density at radius 1 is 1.05 bits per heavy atom. The van der Waals surface area contributed by atoms with Gasteiger partial charge in [0.2, 0.25) is 0 Å². The van der Waals surface area contributed by atoms with Crippen molar-refractivity contribution in [2.24, 2.45) is 0 Å². The van der Waals surface area contributed by atoms with Gasteiger partial charge in [0.1, 0.15) is 0 Å². The minimum atomic E-state index is -4.57. The third kappa shape index (κ3) is 3.76. The first-order valence-corrected chi connectivity index (χ1v) is 6.58. The number of nitrogens with one attached hydrogen (secondary N) is 1. The average molecular weight is 314 g/mol. The summed E-state index contributed by atoms with van der Waals surface area (Å²) in [5, 5.41) is 2.44. The Kier molecular flexibility index (Phi) is 4.53. The molecule has 0 aliphatic carbocycles. The highest BCUT2D eigenvalue weighted by Crippen LogP contribution is 2.32. The van der Waals surface area contributed by atoms with E-state index in [-0.39, 0.29) is 0 Å². The van der Waals surface area contributed by atoms with Crippen LogP contribution >= 0.6 is 11.6 Å². The van der Waals surface area contributed by atoms with Crippen molar-refractivity contribution in [1.82, 2.24) is 0 Å². The number of halogens is 4. The molecule has 0 fully saturated rings. The fourth-order valence-electron chi connectivity index (χ4n) is 1.80. The molecule has 1 N–H and O–H groups in total. The van der Waals surface area contributed by atoms with Crippen LogP contribution in [0.15, 0.2) is 48.5 Å². The number of hydrogen-bond donors (Lipinski definition) is 1. The number of alkyl halides is 4. The van der Waals surface area contributed by atoms with E-state index >= 15 is 0 Å². The summed E-state index contributed by atoms with van der Waals surface area (Å²) in [6.07, 6.45) is -4.57. The van der Waals surface area contributed by atoms with Gasteiger partial charge in [-0.15, -0.1) is 11.6 Å². The van der Waals surface area contributed by atoms with Crippen LogP contribution in [0, 0.1) is 0 Å². The van der Waals surface area contributed by atoms with Crippen LogP contribution in [-0.2, 0) is 12.1 Å². The first kappa shape index (κ1) is 15.4. The molecule has 6 heteroatoms. The first-order valence-electron chi connectivity index (χ1n) is 6.04. The average Bonchev–Trinajstić information content (AvgIpc) is 2.47. The van der Waals surface area contributed by atoms with Gasteiger partial charge in [0, 0.05) is 11.6 Å². The van der Waals surface area contributed by atoms with E-state index in [2.05, 4.69) is 5.32 Å². The molecule has 0 aliphatic heterocycles. The Labute approximate surface area is 124 Å². The SMILES string of the molecule is O=C(Nc1ccc(CCl)cc1)c1ccccc1C(F)(F)F. The van der Waals surface area contributed by atoms with Crippen LogP contribution in [0.4, 0.5) is 18.9 Å². The summed E-state index contributed by atoms with van der Waals surface area (Å²) in [6, 6.07) is 11.2. The first-order chi connectivity index (χ1) is 9.91. The van der Waals surface area contributed by atoms with Gasteiger partial charge in [-0.3, -0.25) is 4.79 Å². The molecular weight excluding hydrogens is 303 g/mol. The third-order valence-electron chi connectivity index (χ3n) is 2.84. The number of carbonyl (C=O) groups excluding carboxylic acids is 1. The maximum atomic E-state index is 12.9. The summed E-state index contributed by atoms with van der Waals surface area (Å²) in [7, 11) is 0. The molecule has 0 heterocycles. The molecule has 1 amide bonds. The van der Waals surface area contributed by atoms with E-state index in [4.69, 9.17) is 11.6 Å². The van der Waals surface area contributed by atoms with Crippen molar-refractivity contribution >= 4 is 23.2 Å². The lowest BCUT2D eigenvalue weighted by atomic mass is 10.1. The van der Waals surface area contributed by atoms with Gasteiger partial charge in [-0.25, -0.2) is 0 Å². The van der Waals surface area contributed by atoms with Crippen LogP contribution in [0.1, 0.15) is 21.5 Å². The molecule has 2 aromatic carbocycles. The molecular formula is C15H11ClF3NO. The summed E-state index contributed by atoms with van der Waals surface area (Å²) in [4.78, 5) is 12.0. The zero-order valence-corrected chi connectivity index (χ0v) is 11.5. The molecule has 0 aliphatic rings. The predicted octanol–water partition coefficient (Wildman–Crippen LogP) is 4.70. The summed E-state index contributed by atoms with van der Waals surface area (Å²) >= 11 is 5.64. The largest absolute Gasteiger partial charge is 0.417 e. The monoisotopic (exact) mass is 313 g/mol. The molecule has 0 bridgehead atoms. The molecule has 21 heavy (non-hydrogen) atoms. The van der Waals surface area contributed by atoms with E-state index in [1.807, 2.05) is 0 Å². The molecule has 0 saturated carbocycles. The quantitative estimate of drug-likeness (QED) is 0.818. The van der Waals surface area contributed by atoms with Crippen LogP contribution in [0.3, 0.4) is 0 Å². The fourth-order valence-corrected chi connectivity index (χ4v) is 1.98. The molecule has 0 aromatic heterocycles. The summed E-state index contributed by atoms with van der Waals surface area (Å²) in [5.41, 5.74) is -0.109. The molecule has 0 unspecified atom stereocenters. The fraction of sp³-hybridized carbons (Fsp3) is 0.133. The molecule has 0 radical (unpaired) electrons. The molecule has 2 nitrogen and oxygen atoms in total. The normalized spacial score (nSPS) is 11.2. The second kappa shape index (κ2) is 6.18. The smallest absolute Gasteiger partial charge is 0.322 e. The highest BCUT2D eigenvalue weighted by Gasteiger charge is 2.34. The van der Waals surface area contributed by atoms with Crippen molar-refractivity contribution in [3.63, 3.8) is 0 Å². The van der Waals surface area contributed by atoms with Crippen LogP contribution in [-0.4, -0.2) is 5.91 Å². The lowest BCUT2D eigenvalue weighted by molar-refractivity contribution is -0.137. The van der Waals surface area contributed by atoms with E-state index in [0.717, 1.165) is 17.7 Å². The topological polar surface area (TPSA) is 29.1 Å². The van der Waals surface area contributed by atoms with Crippen LogP contribution in [0.2, 0.25) is 0 Å². The molecule has 0 atom stereocenters. The third-order valence-corrected chi connectivity index (χ3v) is 3.15. The summed E-state index contributed by atoms with van der Waals surface area (Å²) in [6.45, 7) is 0. The minimum Gasteiger partial charge on any atom is -0.322 e. The Hall–Kier alpha value is -2.01. The number of carbonyl (C=O) groups is 1. The standard InChI is InChI=1S/C15H11ClF3NO/c16-9-10-5-7-11(8-6-10)20-14(21)12-3-1-2-4-13(12)15(17,18)19/h1-8H,9H2,(H,20,21). The van der Waals surface area contributed by atoms with E-state index in [1.165, 1.54) is 12.1 Å². The van der Waals surface area contributed by atoms with Gasteiger partial charge in [-0.1, -0.05) is 24.3 Å². The number of anilines is 1. The lowest BCUT2D eigenvalue weighted by Crippen LogP contribution is -2.18. The number of rotatable bonds is 3. The van der Waals surface area contributed by atoms with Crippen molar-refractivity contribution in [2.75, 3.05) is 5.32 Å². The second-order valence-electron chi connectivity index (χ2n) is 4.33. The van der Waals surface area contributed by atoms with Gasteiger partial charge >= 0.3 is 6.18 Å². The zero-order chi connectivity index (χ0) is 15.5. The molecule has 0 saturated heterocycles. The van der Waals surface area contributed by atoms with E-state index in [1.54, 1.807) is 24.3 Å². The van der Waals surface area contributed by atoms with Gasteiger partial charge < -0.3 is 5.32 Å². The van der Waals surface area contributed by atoms with Crippen molar-refractivity contribution in [3.8, 4) is 0 Å². The van der Waals surface area contributed by atoms with Gasteiger partial charge in [0.25, 0.3) is 5.91 Å². The summed E-state index contributed by atoms with van der Waals surface area (Å²) in [5.74, 6) is -0.480. The van der Waals surface area contributed by atoms with Gasteiger partial charge in [0.15, 0.2) is 0 Å². The van der Waals surface area contributed by atoms with Crippen molar-refractivity contribution in [2.45, 2.75) is 12.1 Å². The Morgan fingerprint density at radius 3 is 2.24 bits per heavy atom. The van der Waals surface area contributed by atoms with Crippen LogP contribution in [0.25, 0.3) is 0 Å². The van der Waals surface area contributed by atoms with E-state index in [9.17, 15) is 18.0 Å². The van der Waals surface area contributed by atoms with Crippen LogP contribution in [0.5, 0.6) is 0 Å². The predicted molar refractivity (Wildman–Crippen MR) is 75.4 cm³/mol. The van der Waals surface area contributed by atoms with Crippen molar-refractivity contribution in [1.29, 1.82) is 0 Å². The highest BCUT2D eigenvalue weighted by molar-refractivity contribution is 6.17. The second-order valence-corrected chi connectivity index (χ2v) is 4.60. The number of amides is 1. The molecule has 2 rings (SSSR count). The molecule has 2 aromatic rings. The van der Waals surface area contributed by atoms with Gasteiger partial charge in [-0.2, -0.15) is 13.2 Å². The maximum Gasteiger partial charge on any atom is 0.417 e. The highest BCUT2D eigenvalue weighted by atomic mass is 35.5. The molecule has 110 valence electrons. The zero-order valence-electron chi connectivity index (χ0n) is 10.7. The number of hydrogen-bond acceptors (Lipinski definition) is 1. The van der Waals surface area contributed by atoms with E-state index < -0.39 is 23.2 Å². The van der Waals surface area contributed by atoms with Gasteiger partial charge in [-0.05, 0) is 29.8 Å². The minimum absolute atomic E-state index is 0.325. The van der Waals surface area contributed by atoms with E-state index in [0.29, 0.717) is 11.6 Å². The lowest BCUT2D eigenvalue weighted by Gasteiger charge is -2.12. The summed E-state index contributed by atoms with van der Waals surface area (Å²) < 4.78 is 38.6. The van der Waals surface area contributed by atoms with Crippen molar-refractivity contribution < 1.29 is 18.0 Å². The van der Waals surface area contributed by atoms with Crippen molar-refractivity contribution in [3.05, 3.63) is 65.2 Å². The van der Waals surface area contributed by atoms with Gasteiger partial charge in [0.05, 0.1) is 11.1 Å². The Balaban J connectivity index is 2.24. The Morgan fingerprint density at radius 2 is 1.67 bits per heavy atom. The van der Waals surface area contributed by atoms with Crippen LogP contribution < -0.4 is 5.32 Å². The maximum absolute atomic E-state index is 12.9. The molecule has 0 spiro atoms.